The Labute approximate surface area is 178 Å². The van der Waals surface area contributed by atoms with E-state index in [-0.39, 0.29) is 21.7 Å². The van der Waals surface area contributed by atoms with Crippen molar-refractivity contribution in [2.45, 2.75) is 17.1 Å². The third-order valence-corrected chi connectivity index (χ3v) is 7.25. The second kappa shape index (κ2) is 8.54. The minimum absolute atomic E-state index is 0.0940. The Morgan fingerprint density at radius 1 is 1.23 bits per heavy atom. The van der Waals surface area contributed by atoms with Crippen molar-refractivity contribution in [3.8, 4) is 0 Å². The Morgan fingerprint density at radius 3 is 2.50 bits per heavy atom. The van der Waals surface area contributed by atoms with E-state index >= 15 is 0 Å². The highest BCUT2D eigenvalue weighted by Crippen LogP contribution is 2.30. The van der Waals surface area contributed by atoms with Crippen molar-refractivity contribution in [1.29, 1.82) is 0 Å². The highest BCUT2D eigenvalue weighted by atomic mass is 32.2. The summed E-state index contributed by atoms with van der Waals surface area (Å²) in [6.07, 6.45) is 0. The van der Waals surface area contributed by atoms with Crippen molar-refractivity contribution in [3.63, 3.8) is 0 Å². The lowest BCUT2D eigenvalue weighted by Gasteiger charge is -2.16. The smallest absolute Gasteiger partial charge is 0.269 e. The molecule has 3 rings (SSSR count). The number of nitro benzene ring substituents is 1. The Kier molecular flexibility index (Phi) is 6.25. The second-order valence-corrected chi connectivity index (χ2v) is 10.4. The van der Waals surface area contributed by atoms with Gasteiger partial charge < -0.3 is 0 Å². The quantitative estimate of drug-likeness (QED) is 0.513. The number of carbonyl (C=O) groups is 1. The SMILES string of the molecule is CC1CN(C(=O)c2ccc([N+](=O)[O-])cc2)C(=Nc2cccc(S(=O)(=O)N(C)C)c2)S1. The number of carbonyl (C=O) groups excluding carboxylic acids is 1. The Morgan fingerprint density at radius 2 is 1.90 bits per heavy atom. The van der Waals surface area contributed by atoms with Crippen molar-refractivity contribution >= 4 is 44.2 Å². The van der Waals surface area contributed by atoms with Crippen molar-refractivity contribution < 1.29 is 18.1 Å². The van der Waals surface area contributed by atoms with Gasteiger partial charge in [-0.3, -0.25) is 19.8 Å². The first-order valence-corrected chi connectivity index (χ1v) is 11.3. The van der Waals surface area contributed by atoms with Crippen LogP contribution in [0.15, 0.2) is 58.4 Å². The maximum absolute atomic E-state index is 12.9. The molecule has 158 valence electrons. The van der Waals surface area contributed by atoms with Crippen LogP contribution in [0.1, 0.15) is 17.3 Å². The summed E-state index contributed by atoms with van der Waals surface area (Å²) in [5.41, 5.74) is 0.631. The number of non-ortho nitro benzene ring substituents is 1. The Hall–Kier alpha value is -2.76. The number of amidine groups is 1. The molecular weight excluding hydrogens is 428 g/mol. The van der Waals surface area contributed by atoms with Gasteiger partial charge in [-0.25, -0.2) is 17.7 Å². The summed E-state index contributed by atoms with van der Waals surface area (Å²) in [5, 5.41) is 11.4. The van der Waals surface area contributed by atoms with E-state index in [1.54, 1.807) is 12.1 Å². The lowest BCUT2D eigenvalue weighted by Crippen LogP contribution is -2.32. The molecule has 30 heavy (non-hydrogen) atoms. The standard InChI is InChI=1S/C19H20N4O5S2/c1-13-12-22(18(24)14-7-9-16(10-8-14)23(25)26)19(29-13)20-15-5-4-6-17(11-15)30(27,28)21(2)3/h4-11,13H,12H2,1-3H3. The highest BCUT2D eigenvalue weighted by molar-refractivity contribution is 8.14. The minimum atomic E-state index is -3.61. The van der Waals surface area contributed by atoms with Crippen LogP contribution < -0.4 is 0 Å². The first-order chi connectivity index (χ1) is 14.1. The normalized spacial score (nSPS) is 18.2. The number of sulfonamides is 1. The molecule has 2 aromatic carbocycles. The zero-order valence-electron chi connectivity index (χ0n) is 16.5. The Bertz CT molecular complexity index is 1110. The van der Waals surface area contributed by atoms with Gasteiger partial charge in [-0.15, -0.1) is 0 Å². The molecule has 1 heterocycles. The van der Waals surface area contributed by atoms with Crippen LogP contribution in [0, 0.1) is 10.1 Å². The van der Waals surface area contributed by atoms with Gasteiger partial charge in [0.1, 0.15) is 0 Å². The molecule has 2 aromatic rings. The fourth-order valence-corrected chi connectivity index (χ4v) is 4.76. The molecule has 11 heteroatoms. The van der Waals surface area contributed by atoms with Crippen LogP contribution in [-0.4, -0.2) is 59.5 Å². The van der Waals surface area contributed by atoms with E-state index in [0.717, 1.165) is 4.31 Å². The number of hydrogen-bond donors (Lipinski definition) is 0. The average molecular weight is 449 g/mol. The Balaban J connectivity index is 1.92. The van der Waals surface area contributed by atoms with Gasteiger partial charge in [0, 0.05) is 43.6 Å². The van der Waals surface area contributed by atoms with Gasteiger partial charge in [-0.2, -0.15) is 0 Å². The maximum Gasteiger partial charge on any atom is 0.269 e. The summed E-state index contributed by atoms with van der Waals surface area (Å²) in [6.45, 7) is 2.38. The van der Waals surface area contributed by atoms with E-state index in [1.165, 1.54) is 67.2 Å². The van der Waals surface area contributed by atoms with Gasteiger partial charge >= 0.3 is 0 Å². The van der Waals surface area contributed by atoms with Crippen molar-refractivity contribution in [2.75, 3.05) is 20.6 Å². The van der Waals surface area contributed by atoms with Gasteiger partial charge in [0.05, 0.1) is 15.5 Å². The third-order valence-electron chi connectivity index (χ3n) is 4.37. The molecule has 1 atom stereocenters. The largest absolute Gasteiger partial charge is 0.286 e. The maximum atomic E-state index is 12.9. The lowest BCUT2D eigenvalue weighted by molar-refractivity contribution is -0.384. The molecule has 1 aliphatic heterocycles. The molecule has 1 saturated heterocycles. The molecular formula is C19H20N4O5S2. The van der Waals surface area contributed by atoms with Crippen LogP contribution in [0.4, 0.5) is 11.4 Å². The van der Waals surface area contributed by atoms with Crippen molar-refractivity contribution in [2.24, 2.45) is 4.99 Å². The van der Waals surface area contributed by atoms with Crippen LogP contribution in [-0.2, 0) is 10.0 Å². The molecule has 1 unspecified atom stereocenters. The molecule has 0 aromatic heterocycles. The second-order valence-electron chi connectivity index (χ2n) is 6.83. The number of nitro groups is 1. The summed E-state index contributed by atoms with van der Waals surface area (Å²) in [4.78, 5) is 29.4. The van der Waals surface area contributed by atoms with Gasteiger partial charge in [-0.1, -0.05) is 24.8 Å². The number of rotatable bonds is 5. The van der Waals surface area contributed by atoms with E-state index in [9.17, 15) is 23.3 Å². The first kappa shape index (κ1) is 21.9. The summed E-state index contributed by atoms with van der Waals surface area (Å²) < 4.78 is 25.9. The molecule has 1 amide bonds. The lowest BCUT2D eigenvalue weighted by atomic mass is 10.2. The third kappa shape index (κ3) is 4.53. The van der Waals surface area contributed by atoms with Gasteiger partial charge in [0.15, 0.2) is 5.17 Å². The van der Waals surface area contributed by atoms with Gasteiger partial charge in [0.2, 0.25) is 10.0 Å². The molecule has 0 bridgehead atoms. The van der Waals surface area contributed by atoms with Crippen LogP contribution >= 0.6 is 11.8 Å². The molecule has 0 aliphatic carbocycles. The molecule has 0 radical (unpaired) electrons. The molecule has 0 N–H and O–H groups in total. The molecule has 9 nitrogen and oxygen atoms in total. The van der Waals surface area contributed by atoms with Crippen molar-refractivity contribution in [1.82, 2.24) is 9.21 Å². The zero-order valence-corrected chi connectivity index (χ0v) is 18.2. The summed E-state index contributed by atoms with van der Waals surface area (Å²) in [6, 6.07) is 11.6. The summed E-state index contributed by atoms with van der Waals surface area (Å²) in [5.74, 6) is -0.322. The van der Waals surface area contributed by atoms with E-state index < -0.39 is 14.9 Å². The van der Waals surface area contributed by atoms with E-state index in [2.05, 4.69) is 4.99 Å². The first-order valence-electron chi connectivity index (χ1n) is 8.94. The number of thioether (sulfide) groups is 1. The predicted octanol–water partition coefficient (Wildman–Crippen LogP) is 3.11. The molecule has 1 aliphatic rings. The highest BCUT2D eigenvalue weighted by Gasteiger charge is 2.31. The van der Waals surface area contributed by atoms with Crippen molar-refractivity contribution in [3.05, 3.63) is 64.2 Å². The van der Waals surface area contributed by atoms with E-state index in [1.807, 2.05) is 6.92 Å². The number of hydrogen-bond acceptors (Lipinski definition) is 7. The van der Waals surface area contributed by atoms with Crippen LogP contribution in [0.3, 0.4) is 0 Å². The zero-order chi connectivity index (χ0) is 22.1. The average Bonchev–Trinajstić information content (AvgIpc) is 3.07. The summed E-state index contributed by atoms with van der Waals surface area (Å²) >= 11 is 1.41. The number of nitrogens with zero attached hydrogens (tertiary/aromatic N) is 4. The van der Waals surface area contributed by atoms with Gasteiger partial charge in [0.25, 0.3) is 11.6 Å². The molecule has 1 fully saturated rings. The van der Waals surface area contributed by atoms with E-state index in [4.69, 9.17) is 0 Å². The number of benzene rings is 2. The number of amides is 1. The fraction of sp³-hybridized carbons (Fsp3) is 0.263. The molecule has 0 saturated carbocycles. The summed E-state index contributed by atoms with van der Waals surface area (Å²) in [7, 11) is -0.703. The van der Waals surface area contributed by atoms with Crippen LogP contribution in [0.2, 0.25) is 0 Å². The fourth-order valence-electron chi connectivity index (χ4n) is 2.79. The van der Waals surface area contributed by atoms with Gasteiger partial charge in [-0.05, 0) is 30.3 Å². The van der Waals surface area contributed by atoms with E-state index in [0.29, 0.717) is 23.0 Å². The minimum Gasteiger partial charge on any atom is -0.286 e. The monoisotopic (exact) mass is 448 g/mol. The molecule has 0 spiro atoms. The predicted molar refractivity (Wildman–Crippen MR) is 116 cm³/mol. The van der Waals surface area contributed by atoms with Crippen LogP contribution in [0.5, 0.6) is 0 Å². The van der Waals surface area contributed by atoms with Crippen LogP contribution in [0.25, 0.3) is 0 Å². The topological polar surface area (TPSA) is 113 Å². The number of aliphatic imine (C=N–C) groups is 1.